The van der Waals surface area contributed by atoms with Gasteiger partial charge in [-0.1, -0.05) is 47.6 Å². The van der Waals surface area contributed by atoms with E-state index in [4.69, 9.17) is 9.26 Å². The molecule has 1 saturated heterocycles. The van der Waals surface area contributed by atoms with E-state index in [1.807, 2.05) is 59.5 Å². The first-order valence-corrected chi connectivity index (χ1v) is 9.06. The van der Waals surface area contributed by atoms with E-state index in [0.717, 1.165) is 29.7 Å². The van der Waals surface area contributed by atoms with E-state index in [9.17, 15) is 4.79 Å². The Hall–Kier alpha value is -3.15. The molecular formula is C21H21N3O3. The summed E-state index contributed by atoms with van der Waals surface area (Å²) in [5.74, 6) is 1.82. The molecular weight excluding hydrogens is 342 g/mol. The fourth-order valence-corrected chi connectivity index (χ4v) is 3.44. The fourth-order valence-electron chi connectivity index (χ4n) is 3.44. The number of ether oxygens (including phenoxy) is 1. The lowest BCUT2D eigenvalue weighted by Gasteiger charge is -2.21. The Balaban J connectivity index is 1.52. The Morgan fingerprint density at radius 2 is 2.07 bits per heavy atom. The number of carbonyl (C=O) groups is 1. The van der Waals surface area contributed by atoms with Crippen molar-refractivity contribution >= 4 is 5.91 Å². The molecule has 27 heavy (non-hydrogen) atoms. The van der Waals surface area contributed by atoms with Gasteiger partial charge in [0, 0.05) is 12.1 Å². The molecule has 0 N–H and O–H groups in total. The van der Waals surface area contributed by atoms with Crippen molar-refractivity contribution in [1.82, 2.24) is 15.0 Å². The number of hydrogen-bond donors (Lipinski definition) is 0. The minimum atomic E-state index is -0.159. The molecule has 1 aliphatic rings. The van der Waals surface area contributed by atoms with Crippen LogP contribution in [0.1, 0.15) is 30.3 Å². The molecule has 6 nitrogen and oxygen atoms in total. The molecule has 0 bridgehead atoms. The van der Waals surface area contributed by atoms with Gasteiger partial charge in [0.1, 0.15) is 11.8 Å². The Morgan fingerprint density at radius 1 is 1.22 bits per heavy atom. The van der Waals surface area contributed by atoms with Crippen LogP contribution < -0.4 is 4.74 Å². The summed E-state index contributed by atoms with van der Waals surface area (Å²) in [5.41, 5.74) is 1.83. The standard InChI is InChI=1S/C21H21N3O3/c1-26-17-10-5-9-16(14-17)20-22-21(27-23-20)18-11-6-12-24(18)19(25)13-15-7-3-2-4-8-15/h2-5,7-10,14,18H,6,11-13H2,1H3. The normalized spacial score (nSPS) is 16.5. The van der Waals surface area contributed by atoms with E-state index in [0.29, 0.717) is 24.7 Å². The van der Waals surface area contributed by atoms with Crippen LogP contribution in [0.4, 0.5) is 0 Å². The maximum absolute atomic E-state index is 12.8. The van der Waals surface area contributed by atoms with E-state index in [1.165, 1.54) is 0 Å². The summed E-state index contributed by atoms with van der Waals surface area (Å²) in [6.45, 7) is 0.715. The quantitative estimate of drug-likeness (QED) is 0.692. The maximum atomic E-state index is 12.8. The lowest BCUT2D eigenvalue weighted by atomic mass is 10.1. The zero-order valence-corrected chi connectivity index (χ0v) is 15.2. The molecule has 0 aliphatic carbocycles. The monoisotopic (exact) mass is 363 g/mol. The number of likely N-dealkylation sites (tertiary alicyclic amines) is 1. The zero-order valence-electron chi connectivity index (χ0n) is 15.2. The molecule has 2 aromatic carbocycles. The predicted octanol–water partition coefficient (Wildman–Crippen LogP) is 3.65. The third kappa shape index (κ3) is 3.69. The van der Waals surface area contributed by atoms with Crippen molar-refractivity contribution in [2.45, 2.75) is 25.3 Å². The Bertz CT molecular complexity index is 923. The van der Waals surface area contributed by atoms with Gasteiger partial charge in [-0.05, 0) is 30.5 Å². The average molecular weight is 363 g/mol. The molecule has 0 spiro atoms. The summed E-state index contributed by atoms with van der Waals surface area (Å²) in [7, 11) is 1.62. The van der Waals surface area contributed by atoms with Crippen LogP contribution in [0.15, 0.2) is 59.1 Å². The van der Waals surface area contributed by atoms with Crippen LogP contribution in [0.2, 0.25) is 0 Å². The van der Waals surface area contributed by atoms with Crippen LogP contribution in [0.5, 0.6) is 5.75 Å². The minimum absolute atomic E-state index is 0.0878. The lowest BCUT2D eigenvalue weighted by molar-refractivity contribution is -0.131. The van der Waals surface area contributed by atoms with Gasteiger partial charge in [0.15, 0.2) is 0 Å². The summed E-state index contributed by atoms with van der Waals surface area (Å²) >= 11 is 0. The van der Waals surface area contributed by atoms with E-state index in [1.54, 1.807) is 7.11 Å². The van der Waals surface area contributed by atoms with Crippen molar-refractivity contribution in [3.63, 3.8) is 0 Å². The third-order valence-corrected chi connectivity index (χ3v) is 4.83. The van der Waals surface area contributed by atoms with Crippen LogP contribution in [0, 0.1) is 0 Å². The Labute approximate surface area is 157 Å². The summed E-state index contributed by atoms with van der Waals surface area (Å²) in [6.07, 6.45) is 2.15. The van der Waals surface area contributed by atoms with Gasteiger partial charge in [-0.2, -0.15) is 4.98 Å². The zero-order chi connectivity index (χ0) is 18.6. The van der Waals surface area contributed by atoms with Gasteiger partial charge in [-0.3, -0.25) is 4.79 Å². The smallest absolute Gasteiger partial charge is 0.249 e. The van der Waals surface area contributed by atoms with Crippen LogP contribution in [-0.4, -0.2) is 34.6 Å². The lowest BCUT2D eigenvalue weighted by Crippen LogP contribution is -2.32. The van der Waals surface area contributed by atoms with Crippen LogP contribution in [0.25, 0.3) is 11.4 Å². The number of hydrogen-bond acceptors (Lipinski definition) is 5. The Kier molecular flexibility index (Phi) is 4.87. The molecule has 6 heteroatoms. The molecule has 1 fully saturated rings. The van der Waals surface area contributed by atoms with Gasteiger partial charge in [-0.25, -0.2) is 0 Å². The van der Waals surface area contributed by atoms with Crippen molar-refractivity contribution in [2.24, 2.45) is 0 Å². The molecule has 1 unspecified atom stereocenters. The molecule has 2 heterocycles. The second-order valence-electron chi connectivity index (χ2n) is 6.60. The number of carbonyl (C=O) groups excluding carboxylic acids is 1. The molecule has 1 atom stereocenters. The average Bonchev–Trinajstić information content (AvgIpc) is 3.38. The second-order valence-corrected chi connectivity index (χ2v) is 6.60. The fraction of sp³-hybridized carbons (Fsp3) is 0.286. The van der Waals surface area contributed by atoms with Crippen molar-refractivity contribution in [2.75, 3.05) is 13.7 Å². The summed E-state index contributed by atoms with van der Waals surface area (Å²) in [4.78, 5) is 19.2. The van der Waals surface area contributed by atoms with Gasteiger partial charge in [0.05, 0.1) is 13.5 Å². The number of rotatable bonds is 5. The molecule has 3 aromatic rings. The maximum Gasteiger partial charge on any atom is 0.249 e. The topological polar surface area (TPSA) is 68.5 Å². The highest BCUT2D eigenvalue weighted by atomic mass is 16.5. The van der Waals surface area contributed by atoms with Crippen molar-refractivity contribution in [3.8, 4) is 17.1 Å². The number of methoxy groups -OCH3 is 1. The van der Waals surface area contributed by atoms with E-state index < -0.39 is 0 Å². The highest BCUT2D eigenvalue weighted by Crippen LogP contribution is 2.33. The van der Waals surface area contributed by atoms with Crippen LogP contribution in [0.3, 0.4) is 0 Å². The van der Waals surface area contributed by atoms with Crippen molar-refractivity contribution in [3.05, 3.63) is 66.1 Å². The predicted molar refractivity (Wildman–Crippen MR) is 100 cm³/mol. The largest absolute Gasteiger partial charge is 0.497 e. The molecule has 1 aromatic heterocycles. The number of benzene rings is 2. The molecule has 138 valence electrons. The molecule has 4 rings (SSSR count). The number of nitrogens with zero attached hydrogens (tertiary/aromatic N) is 3. The molecule has 0 radical (unpaired) electrons. The summed E-state index contributed by atoms with van der Waals surface area (Å²) < 4.78 is 10.8. The third-order valence-electron chi connectivity index (χ3n) is 4.83. The van der Waals surface area contributed by atoms with Crippen molar-refractivity contribution in [1.29, 1.82) is 0 Å². The van der Waals surface area contributed by atoms with Gasteiger partial charge in [0.2, 0.25) is 17.6 Å². The summed E-state index contributed by atoms with van der Waals surface area (Å²) in [5, 5.41) is 4.10. The highest BCUT2D eigenvalue weighted by molar-refractivity contribution is 5.79. The van der Waals surface area contributed by atoms with Crippen molar-refractivity contribution < 1.29 is 14.1 Å². The van der Waals surface area contributed by atoms with Gasteiger partial charge < -0.3 is 14.2 Å². The first-order valence-electron chi connectivity index (χ1n) is 9.06. The minimum Gasteiger partial charge on any atom is -0.497 e. The second kappa shape index (κ2) is 7.61. The Morgan fingerprint density at radius 3 is 2.89 bits per heavy atom. The number of aromatic nitrogens is 2. The first-order chi connectivity index (χ1) is 13.2. The van der Waals surface area contributed by atoms with Crippen LogP contribution in [-0.2, 0) is 11.2 Å². The molecule has 1 amide bonds. The van der Waals surface area contributed by atoms with Gasteiger partial charge in [-0.15, -0.1) is 0 Å². The van der Waals surface area contributed by atoms with Gasteiger partial charge >= 0.3 is 0 Å². The summed E-state index contributed by atoms with van der Waals surface area (Å²) in [6, 6.07) is 17.1. The number of amides is 1. The van der Waals surface area contributed by atoms with E-state index in [2.05, 4.69) is 10.1 Å². The van der Waals surface area contributed by atoms with E-state index >= 15 is 0 Å². The van der Waals surface area contributed by atoms with Crippen LogP contribution >= 0.6 is 0 Å². The first kappa shape index (κ1) is 17.3. The van der Waals surface area contributed by atoms with E-state index in [-0.39, 0.29) is 11.9 Å². The highest BCUT2D eigenvalue weighted by Gasteiger charge is 2.34. The molecule has 0 saturated carbocycles. The van der Waals surface area contributed by atoms with Gasteiger partial charge in [0.25, 0.3) is 0 Å². The SMILES string of the molecule is COc1cccc(-c2noc(C3CCCN3C(=O)Cc3ccccc3)n2)c1. The molecule has 1 aliphatic heterocycles.